The van der Waals surface area contributed by atoms with Gasteiger partial charge in [-0.15, -0.1) is 0 Å². The Labute approximate surface area is 159 Å². The van der Waals surface area contributed by atoms with Crippen LogP contribution in [0.25, 0.3) is 0 Å². The first-order valence-electron chi connectivity index (χ1n) is 9.08. The minimum atomic E-state index is -3.31. The van der Waals surface area contributed by atoms with E-state index >= 15 is 0 Å². The maximum atomic E-state index is 12.3. The molecule has 0 bridgehead atoms. The first-order valence-corrected chi connectivity index (χ1v) is 12.1. The van der Waals surface area contributed by atoms with Crippen LogP contribution in [0.1, 0.15) is 32.6 Å². The molecule has 0 spiro atoms. The summed E-state index contributed by atoms with van der Waals surface area (Å²) < 4.78 is 36.7. The zero-order valence-electron chi connectivity index (χ0n) is 15.5. The van der Waals surface area contributed by atoms with Crippen molar-refractivity contribution in [1.82, 2.24) is 10.6 Å². The molecule has 1 aliphatic carbocycles. The zero-order chi connectivity index (χ0) is 19.0. The Hall–Kier alpha value is -1.41. The third-order valence-corrected chi connectivity index (χ3v) is 8.09. The molecule has 146 valence electrons. The van der Waals surface area contributed by atoms with Crippen molar-refractivity contribution in [3.05, 3.63) is 30.3 Å². The third-order valence-electron chi connectivity index (χ3n) is 4.61. The van der Waals surface area contributed by atoms with Crippen LogP contribution >= 0.6 is 0 Å². The minimum absolute atomic E-state index is 0.00482. The summed E-state index contributed by atoms with van der Waals surface area (Å²) in [5.74, 6) is 1.30. The Morgan fingerprint density at radius 3 is 2.65 bits per heavy atom. The summed E-state index contributed by atoms with van der Waals surface area (Å²) in [6, 6.07) is 8.69. The standard InChI is InChI=1S/C18H29N3O3S2/c1-3-25(22)16-9-7-8-15(14-16)21-18(19-2)20-12-13-26(23,24)17-10-5-4-6-11-17/h4-6,10-11,15-16H,3,7-9,12-14H2,1-2H3,(H2,19,20,21). The van der Waals surface area contributed by atoms with Crippen LogP contribution in [0, 0.1) is 0 Å². The molecule has 26 heavy (non-hydrogen) atoms. The summed E-state index contributed by atoms with van der Waals surface area (Å²) in [6.07, 6.45) is 3.94. The Kier molecular flexibility index (Phi) is 8.09. The lowest BCUT2D eigenvalue weighted by Crippen LogP contribution is -2.47. The van der Waals surface area contributed by atoms with Gasteiger partial charge in [0.25, 0.3) is 0 Å². The zero-order valence-corrected chi connectivity index (χ0v) is 17.1. The number of sulfone groups is 1. The number of guanidine groups is 1. The third kappa shape index (κ3) is 6.09. The van der Waals surface area contributed by atoms with Crippen LogP contribution in [0.3, 0.4) is 0 Å². The maximum absolute atomic E-state index is 12.3. The first-order chi connectivity index (χ1) is 12.5. The van der Waals surface area contributed by atoms with Crippen molar-refractivity contribution in [2.45, 2.75) is 48.8 Å². The second kappa shape index (κ2) is 10.1. The Bertz CT molecular complexity index is 720. The fourth-order valence-corrected chi connectivity index (χ4v) is 5.71. The lowest BCUT2D eigenvalue weighted by molar-refractivity contribution is 0.414. The van der Waals surface area contributed by atoms with E-state index in [9.17, 15) is 12.6 Å². The van der Waals surface area contributed by atoms with Crippen molar-refractivity contribution in [1.29, 1.82) is 0 Å². The van der Waals surface area contributed by atoms with Crippen molar-refractivity contribution in [2.75, 3.05) is 25.1 Å². The predicted octanol–water partition coefficient (Wildman–Crippen LogP) is 1.71. The number of aliphatic imine (C=N–C) groups is 1. The molecule has 0 aliphatic heterocycles. The number of nitrogens with one attached hydrogen (secondary N) is 2. The van der Waals surface area contributed by atoms with Gasteiger partial charge in [-0.2, -0.15) is 0 Å². The SMILES string of the molecule is CCS(=O)C1CCCC(NC(=NC)NCCS(=O)(=O)c2ccccc2)C1. The van der Waals surface area contributed by atoms with Gasteiger partial charge >= 0.3 is 0 Å². The summed E-state index contributed by atoms with van der Waals surface area (Å²) in [5, 5.41) is 6.67. The molecule has 0 radical (unpaired) electrons. The summed E-state index contributed by atoms with van der Waals surface area (Å²) in [4.78, 5) is 4.52. The molecule has 6 nitrogen and oxygen atoms in total. The van der Waals surface area contributed by atoms with Gasteiger partial charge in [-0.25, -0.2) is 8.42 Å². The summed E-state index contributed by atoms with van der Waals surface area (Å²) >= 11 is 0. The number of hydrogen-bond donors (Lipinski definition) is 2. The van der Waals surface area contributed by atoms with E-state index < -0.39 is 20.6 Å². The van der Waals surface area contributed by atoms with E-state index in [1.54, 1.807) is 37.4 Å². The average Bonchev–Trinajstić information content (AvgIpc) is 2.67. The molecule has 2 rings (SSSR count). The Morgan fingerprint density at radius 2 is 2.00 bits per heavy atom. The van der Waals surface area contributed by atoms with Gasteiger partial charge in [0.05, 0.1) is 10.6 Å². The smallest absolute Gasteiger partial charge is 0.191 e. The fourth-order valence-electron chi connectivity index (χ4n) is 3.19. The first kappa shape index (κ1) is 20.9. The lowest BCUT2D eigenvalue weighted by atomic mass is 9.95. The molecule has 3 unspecified atom stereocenters. The topological polar surface area (TPSA) is 87.6 Å². The van der Waals surface area contributed by atoms with E-state index in [0.717, 1.165) is 25.7 Å². The van der Waals surface area contributed by atoms with Gasteiger partial charge in [0.15, 0.2) is 15.8 Å². The van der Waals surface area contributed by atoms with E-state index in [1.807, 2.05) is 6.92 Å². The summed E-state index contributed by atoms with van der Waals surface area (Å²) in [5.41, 5.74) is 0. The monoisotopic (exact) mass is 399 g/mol. The van der Waals surface area contributed by atoms with Crippen LogP contribution in [-0.4, -0.2) is 55.0 Å². The highest BCUT2D eigenvalue weighted by Crippen LogP contribution is 2.22. The molecule has 3 atom stereocenters. The molecule has 8 heteroatoms. The van der Waals surface area contributed by atoms with Gasteiger partial charge in [-0.05, 0) is 31.4 Å². The van der Waals surface area contributed by atoms with E-state index in [-0.39, 0.29) is 23.6 Å². The molecule has 0 saturated heterocycles. The summed E-state index contributed by atoms with van der Waals surface area (Å²) in [6.45, 7) is 2.24. The molecule has 2 N–H and O–H groups in total. The van der Waals surface area contributed by atoms with E-state index in [2.05, 4.69) is 15.6 Å². The minimum Gasteiger partial charge on any atom is -0.355 e. The van der Waals surface area contributed by atoms with Gasteiger partial charge in [0.1, 0.15) is 0 Å². The van der Waals surface area contributed by atoms with Crippen molar-refractivity contribution in [3.63, 3.8) is 0 Å². The van der Waals surface area contributed by atoms with Crippen LogP contribution in [0.5, 0.6) is 0 Å². The van der Waals surface area contributed by atoms with Gasteiger partial charge in [-0.1, -0.05) is 31.5 Å². The number of nitrogens with zero attached hydrogens (tertiary/aromatic N) is 1. The predicted molar refractivity (Wildman–Crippen MR) is 108 cm³/mol. The highest BCUT2D eigenvalue weighted by Gasteiger charge is 2.26. The second-order valence-corrected chi connectivity index (χ2v) is 10.5. The Balaban J connectivity index is 1.83. The molecule has 1 saturated carbocycles. The van der Waals surface area contributed by atoms with E-state index in [0.29, 0.717) is 16.6 Å². The number of rotatable bonds is 7. The van der Waals surface area contributed by atoms with Gasteiger partial charge in [-0.3, -0.25) is 9.20 Å². The van der Waals surface area contributed by atoms with Crippen molar-refractivity contribution in [2.24, 2.45) is 4.99 Å². The van der Waals surface area contributed by atoms with Crippen molar-refractivity contribution in [3.8, 4) is 0 Å². The van der Waals surface area contributed by atoms with Crippen LogP contribution in [0.2, 0.25) is 0 Å². The van der Waals surface area contributed by atoms with Crippen molar-refractivity contribution < 1.29 is 12.6 Å². The highest BCUT2D eigenvalue weighted by molar-refractivity contribution is 7.91. The molecule has 1 aliphatic rings. The van der Waals surface area contributed by atoms with Crippen LogP contribution < -0.4 is 10.6 Å². The molecule has 1 aromatic carbocycles. The average molecular weight is 400 g/mol. The fraction of sp³-hybridized carbons (Fsp3) is 0.611. The molecule has 0 aromatic heterocycles. The van der Waals surface area contributed by atoms with E-state index in [1.165, 1.54) is 0 Å². The molecule has 0 amide bonds. The van der Waals surface area contributed by atoms with Gasteiger partial charge < -0.3 is 10.6 Å². The summed E-state index contributed by atoms with van der Waals surface area (Å²) in [7, 11) is -2.40. The quantitative estimate of drug-likeness (QED) is 0.538. The molecular formula is C18H29N3O3S2. The van der Waals surface area contributed by atoms with Crippen LogP contribution in [-0.2, 0) is 20.6 Å². The van der Waals surface area contributed by atoms with E-state index in [4.69, 9.17) is 0 Å². The Morgan fingerprint density at radius 1 is 1.27 bits per heavy atom. The number of hydrogen-bond acceptors (Lipinski definition) is 4. The lowest BCUT2D eigenvalue weighted by Gasteiger charge is -2.30. The largest absolute Gasteiger partial charge is 0.355 e. The highest BCUT2D eigenvalue weighted by atomic mass is 32.2. The number of benzene rings is 1. The van der Waals surface area contributed by atoms with Crippen LogP contribution in [0.15, 0.2) is 40.2 Å². The molecule has 1 fully saturated rings. The van der Waals surface area contributed by atoms with Gasteiger partial charge in [0.2, 0.25) is 0 Å². The molecular weight excluding hydrogens is 370 g/mol. The van der Waals surface area contributed by atoms with Crippen molar-refractivity contribution >= 4 is 26.6 Å². The maximum Gasteiger partial charge on any atom is 0.191 e. The molecule has 0 heterocycles. The molecule has 1 aromatic rings. The van der Waals surface area contributed by atoms with Crippen LogP contribution in [0.4, 0.5) is 0 Å². The second-order valence-electron chi connectivity index (χ2n) is 6.43. The normalized spacial score (nSPS) is 22.6. The van der Waals surface area contributed by atoms with Gasteiger partial charge in [0, 0.05) is 41.4 Å².